The second-order valence-corrected chi connectivity index (χ2v) is 3.03. The Hall–Kier alpha value is -1.49. The summed E-state index contributed by atoms with van der Waals surface area (Å²) in [5.74, 6) is 0.0796. The average Bonchev–Trinajstić information content (AvgIpc) is 2.05. The van der Waals surface area contributed by atoms with E-state index < -0.39 is 0 Å². The van der Waals surface area contributed by atoms with Crippen LogP contribution in [-0.4, -0.2) is 5.91 Å². The molecule has 0 atom stereocenters. The van der Waals surface area contributed by atoms with E-state index in [2.05, 4.69) is 17.4 Å². The molecule has 0 fully saturated rings. The molecule has 0 radical (unpaired) electrons. The van der Waals surface area contributed by atoms with Crippen molar-refractivity contribution in [2.45, 2.75) is 19.8 Å². The number of aryl methyl sites for hydroxylation is 2. The van der Waals surface area contributed by atoms with Crippen LogP contribution in [0.5, 0.6) is 0 Å². The topological polar surface area (TPSA) is 29.1 Å². The quantitative estimate of drug-likeness (QED) is 0.610. The second kappa shape index (κ2) is 2.53. The Balaban J connectivity index is 2.43. The van der Waals surface area contributed by atoms with Crippen LogP contribution < -0.4 is 5.32 Å². The Morgan fingerprint density at radius 3 is 3.08 bits per heavy atom. The van der Waals surface area contributed by atoms with Crippen molar-refractivity contribution in [2.24, 2.45) is 0 Å². The molecule has 2 rings (SSSR count). The molecule has 2 nitrogen and oxygen atoms in total. The second-order valence-electron chi connectivity index (χ2n) is 3.03. The van der Waals surface area contributed by atoms with E-state index in [0.29, 0.717) is 6.42 Å². The van der Waals surface area contributed by atoms with Crippen LogP contribution in [-0.2, 0) is 11.2 Å². The van der Waals surface area contributed by atoms with E-state index in [1.54, 1.807) is 0 Å². The fourth-order valence-electron chi connectivity index (χ4n) is 1.37. The van der Waals surface area contributed by atoms with Crippen LogP contribution in [0.3, 0.4) is 0 Å². The van der Waals surface area contributed by atoms with Gasteiger partial charge in [-0.15, -0.1) is 0 Å². The summed E-state index contributed by atoms with van der Waals surface area (Å²) in [7, 11) is 0. The van der Waals surface area contributed by atoms with Crippen LogP contribution >= 0.6 is 0 Å². The zero-order valence-electron chi connectivity index (χ0n) is 6.90. The molecule has 60 valence electrons. The average molecular weight is 159 g/mol. The first-order valence-corrected chi connectivity index (χ1v) is 3.99. The first-order valence-electron chi connectivity index (χ1n) is 3.99. The van der Waals surface area contributed by atoms with Crippen molar-refractivity contribution in [3.8, 4) is 0 Å². The number of fused-ring (bicyclic) bond motifs is 1. The maximum atomic E-state index is 11.0. The summed E-state index contributed by atoms with van der Waals surface area (Å²) < 4.78 is 0. The van der Waals surface area contributed by atoms with Crippen molar-refractivity contribution in [2.75, 3.05) is 5.32 Å². The maximum absolute atomic E-state index is 11.0. The minimum atomic E-state index is 0.0796. The van der Waals surface area contributed by atoms with Crippen molar-refractivity contribution < 1.29 is 4.79 Å². The summed E-state index contributed by atoms with van der Waals surface area (Å²) in [6.45, 7) is 1.98. The van der Waals surface area contributed by atoms with Crippen molar-refractivity contribution in [1.82, 2.24) is 0 Å². The van der Waals surface area contributed by atoms with Gasteiger partial charge in [0.05, 0.1) is 5.69 Å². The molecule has 0 spiro atoms. The summed E-state index contributed by atoms with van der Waals surface area (Å²) >= 11 is 0. The van der Waals surface area contributed by atoms with Crippen LogP contribution in [0.25, 0.3) is 0 Å². The molecule has 0 unspecified atom stereocenters. The number of rotatable bonds is 0. The molecule has 0 aromatic heterocycles. The number of carbonyl (C=O) groups excluding carboxylic acids is 1. The van der Waals surface area contributed by atoms with Crippen molar-refractivity contribution >= 4 is 11.6 Å². The van der Waals surface area contributed by atoms with Gasteiger partial charge in [0.1, 0.15) is 0 Å². The van der Waals surface area contributed by atoms with Gasteiger partial charge >= 0.3 is 0 Å². The first kappa shape index (κ1) is 7.17. The van der Waals surface area contributed by atoms with Gasteiger partial charge in [-0.2, -0.15) is 0 Å². The summed E-state index contributed by atoms with van der Waals surface area (Å²) in [5, 5.41) is 2.76. The van der Waals surface area contributed by atoms with Gasteiger partial charge in [0.25, 0.3) is 0 Å². The van der Waals surface area contributed by atoms with Gasteiger partial charge in [-0.3, -0.25) is 4.79 Å². The van der Waals surface area contributed by atoms with Crippen LogP contribution in [0.15, 0.2) is 6.07 Å². The van der Waals surface area contributed by atoms with Crippen LogP contribution in [0, 0.1) is 19.1 Å². The fourth-order valence-corrected chi connectivity index (χ4v) is 1.37. The lowest BCUT2D eigenvalue weighted by Crippen LogP contribution is -2.18. The minimum Gasteiger partial charge on any atom is -0.319 e. The van der Waals surface area contributed by atoms with E-state index >= 15 is 0 Å². The van der Waals surface area contributed by atoms with Crippen LogP contribution in [0.1, 0.15) is 17.5 Å². The summed E-state index contributed by atoms with van der Waals surface area (Å²) in [4.78, 5) is 11.0. The van der Waals surface area contributed by atoms with Gasteiger partial charge in [-0.1, -0.05) is 6.07 Å². The highest BCUT2D eigenvalue weighted by molar-refractivity contribution is 5.93. The van der Waals surface area contributed by atoms with Gasteiger partial charge in [-0.05, 0) is 36.6 Å². The molecule has 0 bridgehead atoms. The number of hydrogen-bond acceptors (Lipinski definition) is 1. The smallest absolute Gasteiger partial charge is 0.225 e. The maximum Gasteiger partial charge on any atom is 0.225 e. The number of carbonyl (C=O) groups is 1. The number of anilines is 1. The molecule has 1 heterocycles. The van der Waals surface area contributed by atoms with E-state index in [0.717, 1.165) is 17.7 Å². The van der Waals surface area contributed by atoms with Crippen molar-refractivity contribution in [3.63, 3.8) is 0 Å². The summed E-state index contributed by atoms with van der Waals surface area (Å²) in [5.41, 5.74) is 3.05. The van der Waals surface area contributed by atoms with Gasteiger partial charge in [0, 0.05) is 6.42 Å². The molecule has 0 saturated heterocycles. The van der Waals surface area contributed by atoms with E-state index in [1.807, 2.05) is 13.0 Å². The fraction of sp³-hybridized carbons (Fsp3) is 0.300. The lowest BCUT2D eigenvalue weighted by Gasteiger charge is -2.13. The zero-order valence-corrected chi connectivity index (χ0v) is 6.90. The molecule has 2 heteroatoms. The monoisotopic (exact) mass is 159 g/mol. The third kappa shape index (κ3) is 1.14. The predicted octanol–water partition coefficient (Wildman–Crippen LogP) is 1.48. The van der Waals surface area contributed by atoms with Gasteiger partial charge < -0.3 is 5.32 Å². The van der Waals surface area contributed by atoms with E-state index in [9.17, 15) is 4.79 Å². The van der Waals surface area contributed by atoms with Gasteiger partial charge in [0.2, 0.25) is 5.91 Å². The molecule has 12 heavy (non-hydrogen) atoms. The highest BCUT2D eigenvalue weighted by Gasteiger charge is 2.13. The van der Waals surface area contributed by atoms with Crippen molar-refractivity contribution in [3.05, 3.63) is 29.3 Å². The predicted molar refractivity (Wildman–Crippen MR) is 45.8 cm³/mol. The molecular weight excluding hydrogens is 150 g/mol. The van der Waals surface area contributed by atoms with Gasteiger partial charge in [-0.25, -0.2) is 0 Å². The normalized spacial score (nSPS) is 14.6. The Kier molecular flexibility index (Phi) is 1.51. The highest BCUT2D eigenvalue weighted by atomic mass is 16.1. The van der Waals surface area contributed by atoms with E-state index in [4.69, 9.17) is 0 Å². The van der Waals surface area contributed by atoms with E-state index in [-0.39, 0.29) is 5.91 Å². The third-order valence-electron chi connectivity index (χ3n) is 1.98. The number of hydrogen-bond donors (Lipinski definition) is 1. The Bertz CT molecular complexity index is 331. The van der Waals surface area contributed by atoms with Crippen molar-refractivity contribution in [1.29, 1.82) is 0 Å². The molecule has 1 aliphatic rings. The molecule has 0 saturated carbocycles. The molecular formula is C10H9NO. The largest absolute Gasteiger partial charge is 0.319 e. The molecule has 1 aromatic rings. The number of amides is 1. The Morgan fingerprint density at radius 2 is 2.25 bits per heavy atom. The molecule has 1 aliphatic heterocycles. The minimum absolute atomic E-state index is 0.0796. The molecule has 1 aromatic carbocycles. The molecule has 1 amide bonds. The zero-order chi connectivity index (χ0) is 8.55. The van der Waals surface area contributed by atoms with Crippen LogP contribution in [0.4, 0.5) is 5.69 Å². The summed E-state index contributed by atoms with van der Waals surface area (Å²) in [6.07, 6.45) is 1.41. The third-order valence-corrected chi connectivity index (χ3v) is 1.98. The highest BCUT2D eigenvalue weighted by Crippen LogP contribution is 2.19. The lowest BCUT2D eigenvalue weighted by atomic mass is 10.0. The van der Waals surface area contributed by atoms with Crippen LogP contribution in [0.2, 0.25) is 0 Å². The lowest BCUT2D eigenvalue weighted by molar-refractivity contribution is -0.116. The Labute approximate surface area is 71.6 Å². The van der Waals surface area contributed by atoms with Gasteiger partial charge in [0.15, 0.2) is 0 Å². The Morgan fingerprint density at radius 1 is 1.42 bits per heavy atom. The standard InChI is InChI=1S/C10H9NO/c1-7-2-4-9-8(6-7)3-5-10(12)11-9/h6H,3,5H2,1H3,(H,11,12). The molecule has 0 aliphatic carbocycles. The SMILES string of the molecule is Cc1c#cc2c(c1)CCC(=O)N2. The van der Waals surface area contributed by atoms with E-state index in [1.165, 1.54) is 5.56 Å². The summed E-state index contributed by atoms with van der Waals surface area (Å²) in [6, 6.07) is 7.92. The number of nitrogens with one attached hydrogen (secondary N) is 1. The molecule has 1 N–H and O–H groups in total. The first-order chi connectivity index (χ1) is 5.75.